The Kier molecular flexibility index (Phi) is 6.03. The van der Waals surface area contributed by atoms with Gasteiger partial charge in [0.25, 0.3) is 5.91 Å². The molecule has 0 bridgehead atoms. The SMILES string of the molecule is O=C(NC(Sc1ccc(Cl)cc1)c1cccc(Cl)c1)c1ccccc1. The molecular weight excluding hydrogens is 373 g/mol. The van der Waals surface area contributed by atoms with E-state index in [-0.39, 0.29) is 11.3 Å². The lowest BCUT2D eigenvalue weighted by Gasteiger charge is -2.19. The molecule has 1 unspecified atom stereocenters. The second-order valence-electron chi connectivity index (χ2n) is 5.35. The maximum atomic E-state index is 12.6. The minimum Gasteiger partial charge on any atom is -0.336 e. The average Bonchev–Trinajstić information content (AvgIpc) is 2.63. The zero-order chi connectivity index (χ0) is 17.6. The number of carbonyl (C=O) groups is 1. The first kappa shape index (κ1) is 17.9. The lowest BCUT2D eigenvalue weighted by Crippen LogP contribution is -2.26. The third-order valence-electron chi connectivity index (χ3n) is 3.52. The summed E-state index contributed by atoms with van der Waals surface area (Å²) >= 11 is 13.6. The van der Waals surface area contributed by atoms with Gasteiger partial charge in [-0.2, -0.15) is 0 Å². The van der Waals surface area contributed by atoms with Gasteiger partial charge in [-0.1, -0.05) is 65.3 Å². The van der Waals surface area contributed by atoms with E-state index in [2.05, 4.69) is 5.32 Å². The first-order valence-corrected chi connectivity index (χ1v) is 9.29. The van der Waals surface area contributed by atoms with E-state index < -0.39 is 0 Å². The topological polar surface area (TPSA) is 29.1 Å². The van der Waals surface area contributed by atoms with Gasteiger partial charge in [-0.05, 0) is 54.1 Å². The third-order valence-corrected chi connectivity index (χ3v) is 5.17. The molecule has 1 amide bonds. The number of thioether (sulfide) groups is 1. The molecule has 0 saturated carbocycles. The van der Waals surface area contributed by atoms with Gasteiger partial charge >= 0.3 is 0 Å². The summed E-state index contributed by atoms with van der Waals surface area (Å²) in [6.07, 6.45) is 0. The van der Waals surface area contributed by atoms with Crippen LogP contribution in [0.2, 0.25) is 10.0 Å². The average molecular weight is 388 g/mol. The van der Waals surface area contributed by atoms with Gasteiger partial charge in [-0.15, -0.1) is 0 Å². The van der Waals surface area contributed by atoms with Crippen LogP contribution in [-0.4, -0.2) is 5.91 Å². The van der Waals surface area contributed by atoms with Gasteiger partial charge in [0.15, 0.2) is 0 Å². The van der Waals surface area contributed by atoms with Crippen LogP contribution in [0.4, 0.5) is 0 Å². The molecule has 5 heteroatoms. The highest BCUT2D eigenvalue weighted by Crippen LogP contribution is 2.34. The van der Waals surface area contributed by atoms with Crippen molar-refractivity contribution in [2.75, 3.05) is 0 Å². The van der Waals surface area contributed by atoms with Crippen molar-refractivity contribution in [3.8, 4) is 0 Å². The Labute approximate surface area is 161 Å². The van der Waals surface area contributed by atoms with Crippen LogP contribution in [0.3, 0.4) is 0 Å². The molecule has 0 aliphatic heterocycles. The number of rotatable bonds is 5. The summed E-state index contributed by atoms with van der Waals surface area (Å²) in [6.45, 7) is 0. The molecule has 3 aromatic carbocycles. The molecule has 0 saturated heterocycles. The molecule has 3 rings (SSSR count). The summed E-state index contributed by atoms with van der Waals surface area (Å²) in [5.74, 6) is -0.132. The van der Waals surface area contributed by atoms with Crippen LogP contribution in [0.5, 0.6) is 0 Å². The second-order valence-corrected chi connectivity index (χ2v) is 7.40. The Balaban J connectivity index is 1.86. The molecule has 0 spiro atoms. The molecule has 0 radical (unpaired) electrons. The molecule has 0 heterocycles. The summed E-state index contributed by atoms with van der Waals surface area (Å²) in [4.78, 5) is 13.6. The van der Waals surface area contributed by atoms with Crippen molar-refractivity contribution in [1.29, 1.82) is 0 Å². The van der Waals surface area contributed by atoms with Gasteiger partial charge < -0.3 is 5.32 Å². The van der Waals surface area contributed by atoms with Crippen molar-refractivity contribution in [3.63, 3.8) is 0 Å². The minimum atomic E-state index is -0.271. The van der Waals surface area contributed by atoms with E-state index in [1.54, 1.807) is 12.1 Å². The first-order valence-electron chi connectivity index (χ1n) is 7.65. The van der Waals surface area contributed by atoms with E-state index in [4.69, 9.17) is 23.2 Å². The summed E-state index contributed by atoms with van der Waals surface area (Å²) in [5, 5.41) is 4.11. The summed E-state index contributed by atoms with van der Waals surface area (Å²) in [5.41, 5.74) is 1.54. The Morgan fingerprint density at radius 3 is 2.24 bits per heavy atom. The molecular formula is C20H15Cl2NOS. The minimum absolute atomic E-state index is 0.132. The largest absolute Gasteiger partial charge is 0.336 e. The molecule has 0 aliphatic carbocycles. The zero-order valence-electron chi connectivity index (χ0n) is 13.2. The molecule has 0 fully saturated rings. The van der Waals surface area contributed by atoms with Crippen molar-refractivity contribution in [2.45, 2.75) is 10.3 Å². The fourth-order valence-corrected chi connectivity index (χ4v) is 3.63. The monoisotopic (exact) mass is 387 g/mol. The van der Waals surface area contributed by atoms with Gasteiger partial charge in [-0.3, -0.25) is 4.79 Å². The number of hydrogen-bond acceptors (Lipinski definition) is 2. The van der Waals surface area contributed by atoms with Crippen molar-refractivity contribution in [2.24, 2.45) is 0 Å². The van der Waals surface area contributed by atoms with Gasteiger partial charge in [0, 0.05) is 20.5 Å². The van der Waals surface area contributed by atoms with Crippen LogP contribution in [-0.2, 0) is 0 Å². The van der Waals surface area contributed by atoms with Crippen molar-refractivity contribution in [1.82, 2.24) is 5.32 Å². The lowest BCUT2D eigenvalue weighted by atomic mass is 10.2. The van der Waals surface area contributed by atoms with Crippen LogP contribution in [0.15, 0.2) is 83.8 Å². The zero-order valence-corrected chi connectivity index (χ0v) is 15.5. The quantitative estimate of drug-likeness (QED) is 0.416. The predicted molar refractivity (Wildman–Crippen MR) is 105 cm³/mol. The van der Waals surface area contributed by atoms with Gasteiger partial charge in [0.05, 0.1) is 0 Å². The van der Waals surface area contributed by atoms with Gasteiger partial charge in [-0.25, -0.2) is 0 Å². The maximum absolute atomic E-state index is 12.6. The summed E-state index contributed by atoms with van der Waals surface area (Å²) in [6, 6.07) is 24.2. The highest BCUT2D eigenvalue weighted by atomic mass is 35.5. The Morgan fingerprint density at radius 2 is 1.56 bits per heavy atom. The molecule has 3 aromatic rings. The molecule has 1 N–H and O–H groups in total. The predicted octanol–water partition coefficient (Wildman–Crippen LogP) is 6.21. The van der Waals surface area contributed by atoms with E-state index in [9.17, 15) is 4.79 Å². The number of amides is 1. The number of carbonyl (C=O) groups excluding carboxylic acids is 1. The van der Waals surface area contributed by atoms with E-state index in [1.807, 2.05) is 66.7 Å². The van der Waals surface area contributed by atoms with E-state index in [0.29, 0.717) is 15.6 Å². The van der Waals surface area contributed by atoms with Gasteiger partial charge in [0.2, 0.25) is 0 Å². The van der Waals surface area contributed by atoms with Crippen LogP contribution in [0.25, 0.3) is 0 Å². The number of benzene rings is 3. The fourth-order valence-electron chi connectivity index (χ4n) is 2.29. The van der Waals surface area contributed by atoms with Crippen LogP contribution >= 0.6 is 35.0 Å². The molecule has 0 aliphatic rings. The van der Waals surface area contributed by atoms with Gasteiger partial charge in [0.1, 0.15) is 5.37 Å². The highest BCUT2D eigenvalue weighted by Gasteiger charge is 2.17. The Bertz CT molecular complexity index is 853. The lowest BCUT2D eigenvalue weighted by molar-refractivity contribution is 0.0949. The van der Waals surface area contributed by atoms with E-state index in [1.165, 1.54) is 11.8 Å². The van der Waals surface area contributed by atoms with E-state index >= 15 is 0 Å². The molecule has 2 nitrogen and oxygen atoms in total. The number of hydrogen-bond donors (Lipinski definition) is 1. The van der Waals surface area contributed by atoms with Crippen LogP contribution in [0, 0.1) is 0 Å². The number of halogens is 2. The fraction of sp³-hybridized carbons (Fsp3) is 0.0500. The van der Waals surface area contributed by atoms with Crippen molar-refractivity contribution >= 4 is 40.9 Å². The normalized spacial score (nSPS) is 11.8. The van der Waals surface area contributed by atoms with E-state index in [0.717, 1.165) is 10.5 Å². The van der Waals surface area contributed by atoms with Crippen molar-refractivity contribution < 1.29 is 4.79 Å². The van der Waals surface area contributed by atoms with Crippen molar-refractivity contribution in [3.05, 3.63) is 100 Å². The maximum Gasteiger partial charge on any atom is 0.252 e. The molecule has 1 atom stereocenters. The molecule has 0 aromatic heterocycles. The van der Waals surface area contributed by atoms with Crippen LogP contribution in [0.1, 0.15) is 21.3 Å². The first-order chi connectivity index (χ1) is 12.1. The van der Waals surface area contributed by atoms with Crippen LogP contribution < -0.4 is 5.32 Å². The second kappa shape index (κ2) is 8.43. The standard InChI is InChI=1S/C20H15Cl2NOS/c21-16-9-11-18(12-10-16)25-20(15-7-4-8-17(22)13-15)23-19(24)14-5-2-1-3-6-14/h1-13,20H,(H,23,24). The Hall–Kier alpha value is -1.94. The smallest absolute Gasteiger partial charge is 0.252 e. The Morgan fingerprint density at radius 1 is 0.840 bits per heavy atom. The highest BCUT2D eigenvalue weighted by molar-refractivity contribution is 7.99. The third kappa shape index (κ3) is 5.02. The molecule has 126 valence electrons. The summed E-state index contributed by atoms with van der Waals surface area (Å²) < 4.78 is 0. The molecule has 25 heavy (non-hydrogen) atoms. The number of nitrogens with one attached hydrogen (secondary N) is 1. The summed E-state index contributed by atoms with van der Waals surface area (Å²) in [7, 11) is 0.